The van der Waals surface area contributed by atoms with Gasteiger partial charge in [0.05, 0.1) is 5.69 Å². The molecule has 0 radical (unpaired) electrons. The van der Waals surface area contributed by atoms with Gasteiger partial charge in [0.15, 0.2) is 0 Å². The van der Waals surface area contributed by atoms with Crippen LogP contribution >= 0.6 is 0 Å². The van der Waals surface area contributed by atoms with Crippen LogP contribution in [0.25, 0.3) is 5.65 Å². The van der Waals surface area contributed by atoms with Crippen molar-refractivity contribution in [1.82, 2.24) is 9.38 Å². The molecule has 2 N–H and O–H groups in total. The Hall–Kier alpha value is -1.51. The van der Waals surface area contributed by atoms with Gasteiger partial charge in [-0.2, -0.15) is 0 Å². The fraction of sp³-hybridized carbons (Fsp3) is 0.667. The normalized spacial score (nSPS) is 17.5. The number of nitrogens with two attached hydrogens (primary N) is 1. The second-order valence-corrected chi connectivity index (χ2v) is 9.44. The van der Waals surface area contributed by atoms with Crippen molar-refractivity contribution in [3.63, 3.8) is 0 Å². The molecule has 24 heavy (non-hydrogen) atoms. The number of rotatable bonds is 3. The van der Waals surface area contributed by atoms with Gasteiger partial charge in [-0.25, -0.2) is 4.98 Å². The summed E-state index contributed by atoms with van der Waals surface area (Å²) < 4.78 is 2.22. The Balaban J connectivity index is 2.08. The molecule has 1 aliphatic rings. The van der Waals surface area contributed by atoms with E-state index < -0.39 is 0 Å². The van der Waals surface area contributed by atoms with Gasteiger partial charge in [0, 0.05) is 17.0 Å². The van der Waals surface area contributed by atoms with Crippen molar-refractivity contribution in [2.45, 2.75) is 84.5 Å². The molecule has 0 aromatic carbocycles. The van der Waals surface area contributed by atoms with E-state index in [9.17, 15) is 0 Å². The summed E-state index contributed by atoms with van der Waals surface area (Å²) in [7, 11) is 0. The van der Waals surface area contributed by atoms with Gasteiger partial charge in [0.1, 0.15) is 11.5 Å². The van der Waals surface area contributed by atoms with Gasteiger partial charge < -0.3 is 5.73 Å². The number of anilines is 1. The van der Waals surface area contributed by atoms with Crippen molar-refractivity contribution in [1.29, 1.82) is 0 Å². The average molecular weight is 328 g/mol. The summed E-state index contributed by atoms with van der Waals surface area (Å²) in [6.45, 7) is 11.6. The van der Waals surface area contributed by atoms with E-state index >= 15 is 0 Å². The van der Waals surface area contributed by atoms with E-state index in [1.165, 1.54) is 37.8 Å². The highest BCUT2D eigenvalue weighted by molar-refractivity contribution is 5.56. The molecular weight excluding hydrogens is 294 g/mol. The lowest BCUT2D eigenvalue weighted by Crippen LogP contribution is -2.27. The first kappa shape index (κ1) is 17.3. The van der Waals surface area contributed by atoms with Gasteiger partial charge in [0.25, 0.3) is 0 Å². The highest BCUT2D eigenvalue weighted by Crippen LogP contribution is 2.40. The fourth-order valence-electron chi connectivity index (χ4n) is 4.75. The Morgan fingerprint density at radius 1 is 1.08 bits per heavy atom. The van der Waals surface area contributed by atoms with Crippen molar-refractivity contribution in [3.05, 3.63) is 29.6 Å². The van der Waals surface area contributed by atoms with E-state index in [4.69, 9.17) is 10.7 Å². The third-order valence-electron chi connectivity index (χ3n) is 5.37. The molecule has 3 heteroatoms. The smallest absolute Gasteiger partial charge is 0.138 e. The van der Waals surface area contributed by atoms with Crippen molar-refractivity contribution in [2.75, 3.05) is 5.73 Å². The zero-order valence-corrected chi connectivity index (χ0v) is 16.0. The van der Waals surface area contributed by atoms with Crippen LogP contribution in [0.2, 0.25) is 0 Å². The van der Waals surface area contributed by atoms with Crippen LogP contribution in [-0.2, 0) is 5.41 Å². The number of aromatic nitrogens is 2. The quantitative estimate of drug-likeness (QED) is 0.788. The number of hydrogen-bond acceptors (Lipinski definition) is 2. The molecule has 0 amide bonds. The first-order valence-electron chi connectivity index (χ1n) is 9.46. The Kier molecular flexibility index (Phi) is 4.39. The lowest BCUT2D eigenvalue weighted by molar-refractivity contribution is 0.278. The van der Waals surface area contributed by atoms with Crippen molar-refractivity contribution >= 4 is 11.5 Å². The van der Waals surface area contributed by atoms with Crippen LogP contribution in [0.3, 0.4) is 0 Å². The molecule has 3 rings (SSSR count). The van der Waals surface area contributed by atoms with Crippen molar-refractivity contribution in [2.24, 2.45) is 5.41 Å². The van der Waals surface area contributed by atoms with E-state index in [2.05, 4.69) is 57.2 Å². The summed E-state index contributed by atoms with van der Waals surface area (Å²) in [6, 6.07) is 6.45. The molecule has 0 unspecified atom stereocenters. The van der Waals surface area contributed by atoms with Gasteiger partial charge in [-0.1, -0.05) is 59.9 Å². The van der Waals surface area contributed by atoms with E-state index in [0.717, 1.165) is 23.6 Å². The topological polar surface area (TPSA) is 43.3 Å². The Morgan fingerprint density at radius 2 is 1.75 bits per heavy atom. The summed E-state index contributed by atoms with van der Waals surface area (Å²) in [5, 5.41) is 0. The molecule has 0 aliphatic heterocycles. The minimum atomic E-state index is 0.0520. The number of pyridine rings is 1. The van der Waals surface area contributed by atoms with Gasteiger partial charge >= 0.3 is 0 Å². The zero-order valence-electron chi connectivity index (χ0n) is 16.0. The molecule has 0 atom stereocenters. The maximum Gasteiger partial charge on any atom is 0.138 e. The van der Waals surface area contributed by atoms with Gasteiger partial charge in [-0.3, -0.25) is 4.40 Å². The lowest BCUT2D eigenvalue weighted by atomic mass is 9.74. The zero-order chi connectivity index (χ0) is 17.5. The highest BCUT2D eigenvalue weighted by atomic mass is 15.1. The van der Waals surface area contributed by atoms with E-state index in [0.29, 0.717) is 5.92 Å². The largest absolute Gasteiger partial charge is 0.383 e. The number of nitrogen functional groups attached to an aromatic ring is 1. The van der Waals surface area contributed by atoms with Crippen LogP contribution in [0.5, 0.6) is 0 Å². The molecule has 1 saturated carbocycles. The van der Waals surface area contributed by atoms with Crippen LogP contribution in [-0.4, -0.2) is 9.38 Å². The SMILES string of the molecule is CC(C)(C)CC(C)(C)c1cccc2nc(C3CCCCC3)c(N)n12. The third kappa shape index (κ3) is 3.31. The molecule has 1 fully saturated rings. The summed E-state index contributed by atoms with van der Waals surface area (Å²) in [6.07, 6.45) is 7.54. The number of fused-ring (bicyclic) bond motifs is 1. The average Bonchev–Trinajstić information content (AvgIpc) is 2.83. The predicted molar refractivity (Wildman–Crippen MR) is 103 cm³/mol. The molecule has 2 heterocycles. The second kappa shape index (κ2) is 6.09. The number of imidazole rings is 1. The lowest BCUT2D eigenvalue weighted by Gasteiger charge is -2.33. The second-order valence-electron chi connectivity index (χ2n) is 9.44. The summed E-state index contributed by atoms with van der Waals surface area (Å²) >= 11 is 0. The Labute approximate surface area is 146 Å². The molecule has 132 valence electrons. The highest BCUT2D eigenvalue weighted by Gasteiger charge is 2.31. The third-order valence-corrected chi connectivity index (χ3v) is 5.37. The van der Waals surface area contributed by atoms with Crippen LogP contribution in [0.4, 0.5) is 5.82 Å². The molecule has 0 saturated heterocycles. The molecule has 2 aromatic heterocycles. The molecule has 3 nitrogen and oxygen atoms in total. The first-order valence-corrected chi connectivity index (χ1v) is 9.46. The van der Waals surface area contributed by atoms with Crippen molar-refractivity contribution < 1.29 is 0 Å². The van der Waals surface area contributed by atoms with E-state index in [-0.39, 0.29) is 10.8 Å². The summed E-state index contributed by atoms with van der Waals surface area (Å²) in [5.41, 5.74) is 10.4. The number of hydrogen-bond donors (Lipinski definition) is 1. The predicted octanol–water partition coefficient (Wildman–Crippen LogP) is 5.68. The van der Waals surface area contributed by atoms with Crippen LogP contribution < -0.4 is 5.73 Å². The first-order chi connectivity index (χ1) is 11.2. The van der Waals surface area contributed by atoms with Gasteiger partial charge in [-0.15, -0.1) is 0 Å². The minimum Gasteiger partial charge on any atom is -0.383 e. The summed E-state index contributed by atoms with van der Waals surface area (Å²) in [4.78, 5) is 4.94. The van der Waals surface area contributed by atoms with Crippen LogP contribution in [0.1, 0.15) is 90.4 Å². The van der Waals surface area contributed by atoms with Crippen molar-refractivity contribution in [3.8, 4) is 0 Å². The monoisotopic (exact) mass is 327 g/mol. The molecular formula is C21H33N3. The molecule has 2 aromatic rings. The molecule has 0 spiro atoms. The van der Waals surface area contributed by atoms with Gasteiger partial charge in [-0.05, 0) is 36.8 Å². The maximum absolute atomic E-state index is 6.63. The Morgan fingerprint density at radius 3 is 2.38 bits per heavy atom. The van der Waals surface area contributed by atoms with Crippen LogP contribution in [0, 0.1) is 5.41 Å². The maximum atomic E-state index is 6.63. The minimum absolute atomic E-state index is 0.0520. The summed E-state index contributed by atoms with van der Waals surface area (Å²) in [5.74, 6) is 1.41. The number of nitrogens with zero attached hydrogens (tertiary/aromatic N) is 2. The fourth-order valence-corrected chi connectivity index (χ4v) is 4.75. The van der Waals surface area contributed by atoms with Gasteiger partial charge in [0.2, 0.25) is 0 Å². The van der Waals surface area contributed by atoms with E-state index in [1.807, 2.05) is 0 Å². The Bertz CT molecular complexity index is 712. The molecule has 1 aliphatic carbocycles. The van der Waals surface area contributed by atoms with Crippen LogP contribution in [0.15, 0.2) is 18.2 Å². The molecule has 0 bridgehead atoms. The standard InChI is InChI=1S/C21H33N3/c1-20(2,3)14-21(4,5)16-12-9-13-17-23-18(19(22)24(16)17)15-10-7-6-8-11-15/h9,12-13,15H,6-8,10-11,14,22H2,1-5H3. The van der Waals surface area contributed by atoms with E-state index in [1.54, 1.807) is 0 Å².